The highest BCUT2D eigenvalue weighted by Crippen LogP contribution is 2.51. The molecule has 49 heavy (non-hydrogen) atoms. The monoisotopic (exact) mass is 657 g/mol. The molecule has 0 aromatic heterocycles. The lowest BCUT2D eigenvalue weighted by Gasteiger charge is -2.43. The van der Waals surface area contributed by atoms with Gasteiger partial charge in [-0.2, -0.15) is 0 Å². The Morgan fingerprint density at radius 3 is 2.47 bits per heavy atom. The first-order valence-electron chi connectivity index (χ1n) is 16.6. The van der Waals surface area contributed by atoms with Crippen LogP contribution in [0.3, 0.4) is 0 Å². The summed E-state index contributed by atoms with van der Waals surface area (Å²) in [4.78, 5) is 29.2. The number of hydrogen-bond acceptors (Lipinski definition) is 8. The van der Waals surface area contributed by atoms with Crippen LogP contribution in [0.1, 0.15) is 30.4 Å². The molecule has 4 aromatic carbocycles. The Morgan fingerprint density at radius 2 is 1.71 bits per heavy atom. The van der Waals surface area contributed by atoms with Crippen LogP contribution < -0.4 is 10.4 Å². The van der Waals surface area contributed by atoms with E-state index in [1.54, 1.807) is 25.3 Å². The number of phenols is 1. The maximum atomic E-state index is 14.1. The SMILES string of the molecule is COCC1=C2[C@@H](CC/C(=C/c3ccc(O)c4ccccc34)c3ccccc3)OB(O)C[C@@H]2[C@@H]2C(=O)N(c3cccc(B(O)O)c3)C(=O)[C@@H]2C1. The predicted molar refractivity (Wildman–Crippen MR) is 190 cm³/mol. The number of nitrogens with zero attached hydrogens (tertiary/aromatic N) is 1. The molecule has 1 aliphatic carbocycles. The van der Waals surface area contributed by atoms with Gasteiger partial charge in [0.1, 0.15) is 5.75 Å². The second-order valence-corrected chi connectivity index (χ2v) is 13.0. The number of rotatable bonds is 9. The van der Waals surface area contributed by atoms with Crippen molar-refractivity contribution < 1.29 is 39.2 Å². The van der Waals surface area contributed by atoms with E-state index >= 15 is 0 Å². The van der Waals surface area contributed by atoms with Gasteiger partial charge in [0.15, 0.2) is 0 Å². The third-order valence-corrected chi connectivity index (χ3v) is 10.1. The molecule has 0 radical (unpaired) electrons. The third-order valence-electron chi connectivity index (χ3n) is 10.1. The minimum absolute atomic E-state index is 0.170. The number of hydrogen-bond donors (Lipinski definition) is 4. The summed E-state index contributed by atoms with van der Waals surface area (Å²) in [5, 5.41) is 42.7. The highest BCUT2D eigenvalue weighted by Gasteiger charge is 2.57. The van der Waals surface area contributed by atoms with E-state index in [-0.39, 0.29) is 41.6 Å². The van der Waals surface area contributed by atoms with E-state index in [4.69, 9.17) is 9.39 Å². The van der Waals surface area contributed by atoms with Crippen LogP contribution in [-0.2, 0) is 19.0 Å². The maximum absolute atomic E-state index is 14.1. The summed E-state index contributed by atoms with van der Waals surface area (Å²) in [6.45, 7) is 0.263. The van der Waals surface area contributed by atoms with Gasteiger partial charge in [-0.15, -0.1) is 0 Å². The lowest BCUT2D eigenvalue weighted by molar-refractivity contribution is -0.122. The van der Waals surface area contributed by atoms with Gasteiger partial charge in [0.05, 0.1) is 30.2 Å². The van der Waals surface area contributed by atoms with Crippen LogP contribution in [0, 0.1) is 17.8 Å². The molecule has 2 aliphatic heterocycles. The van der Waals surface area contributed by atoms with E-state index in [1.807, 2.05) is 48.5 Å². The van der Waals surface area contributed by atoms with E-state index in [9.17, 15) is 29.8 Å². The van der Waals surface area contributed by atoms with Gasteiger partial charge in [-0.05, 0) is 88.4 Å². The molecule has 11 heteroatoms. The smallest absolute Gasteiger partial charge is 0.488 e. The van der Waals surface area contributed by atoms with Gasteiger partial charge in [-0.1, -0.05) is 78.9 Å². The number of methoxy groups -OCH3 is 1. The molecular weight excluding hydrogens is 620 g/mol. The van der Waals surface area contributed by atoms with Gasteiger partial charge in [0, 0.05) is 12.5 Å². The average Bonchev–Trinajstić information content (AvgIpc) is 3.36. The van der Waals surface area contributed by atoms with Crippen LogP contribution in [0.4, 0.5) is 5.69 Å². The second kappa shape index (κ2) is 13.8. The highest BCUT2D eigenvalue weighted by molar-refractivity contribution is 6.58. The minimum Gasteiger partial charge on any atom is -0.507 e. The number of carbonyl (C=O) groups is 2. The summed E-state index contributed by atoms with van der Waals surface area (Å²) >= 11 is 0. The van der Waals surface area contributed by atoms with Gasteiger partial charge in [-0.3, -0.25) is 14.5 Å². The van der Waals surface area contributed by atoms with Crippen LogP contribution in [0.2, 0.25) is 6.32 Å². The second-order valence-electron chi connectivity index (χ2n) is 13.0. The van der Waals surface area contributed by atoms with Crippen LogP contribution in [0.5, 0.6) is 5.75 Å². The Balaban J connectivity index is 1.23. The lowest BCUT2D eigenvalue weighted by atomic mass is 9.58. The molecule has 4 atom stereocenters. The number of imide groups is 1. The van der Waals surface area contributed by atoms with E-state index in [0.29, 0.717) is 19.3 Å². The zero-order valence-electron chi connectivity index (χ0n) is 27.1. The van der Waals surface area contributed by atoms with Crippen molar-refractivity contribution in [3.63, 3.8) is 0 Å². The molecule has 2 amide bonds. The largest absolute Gasteiger partial charge is 0.507 e. The van der Waals surface area contributed by atoms with Gasteiger partial charge < -0.3 is 29.6 Å². The van der Waals surface area contributed by atoms with Gasteiger partial charge in [0.25, 0.3) is 0 Å². The fourth-order valence-electron chi connectivity index (χ4n) is 8.01. The van der Waals surface area contributed by atoms with Crippen LogP contribution in [0.15, 0.2) is 102 Å². The minimum atomic E-state index is -1.74. The number of fused-ring (bicyclic) bond motifs is 4. The van der Waals surface area contributed by atoms with E-state index in [2.05, 4.69) is 18.2 Å². The van der Waals surface area contributed by atoms with Crippen molar-refractivity contribution in [1.29, 1.82) is 0 Å². The molecule has 7 rings (SSSR count). The molecule has 0 bridgehead atoms. The predicted octanol–water partition coefficient (Wildman–Crippen LogP) is 4.19. The Kier molecular flexibility index (Phi) is 9.28. The van der Waals surface area contributed by atoms with Crippen molar-refractivity contribution in [3.8, 4) is 5.75 Å². The number of anilines is 1. The molecule has 2 heterocycles. The maximum Gasteiger partial charge on any atom is 0.488 e. The molecule has 9 nitrogen and oxygen atoms in total. The fraction of sp³-hybridized carbons (Fsp3) is 0.263. The van der Waals surface area contributed by atoms with Crippen molar-refractivity contribution in [1.82, 2.24) is 0 Å². The summed E-state index contributed by atoms with van der Waals surface area (Å²) in [7, 11) is -1.28. The molecule has 0 spiro atoms. The average molecular weight is 657 g/mol. The van der Waals surface area contributed by atoms with Crippen LogP contribution in [0.25, 0.3) is 22.4 Å². The first-order valence-corrected chi connectivity index (χ1v) is 16.6. The molecule has 2 fully saturated rings. The highest BCUT2D eigenvalue weighted by atomic mass is 16.5. The lowest BCUT2D eigenvalue weighted by Crippen LogP contribution is -2.46. The first-order chi connectivity index (χ1) is 23.7. The molecule has 4 N–H and O–H groups in total. The standard InChI is InChI=1S/C38H37B2NO8/c1-48-22-26-19-31-36(38(44)41(37(31)43)28-11-7-10-27(20-28)40(46)47)32-21-39(45)49-34(35(26)32)17-15-24(23-8-3-2-4-9-23)18-25-14-16-33(42)30-13-6-5-12-29(25)30/h2-14,16,18,20,31-32,34,36,42,45-47H,15,17,19,21-22H2,1H3/b24-18-/t31-,32+,34-,36-/m1/s1. The summed E-state index contributed by atoms with van der Waals surface area (Å²) in [5.41, 5.74) is 5.32. The summed E-state index contributed by atoms with van der Waals surface area (Å²) in [6.07, 6.45) is 3.19. The number of phenolic OH excluding ortho intramolecular Hbond substituents is 1. The zero-order chi connectivity index (χ0) is 34.2. The van der Waals surface area contributed by atoms with E-state index < -0.39 is 38.1 Å². The Bertz CT molecular complexity index is 1960. The summed E-state index contributed by atoms with van der Waals surface area (Å²) < 4.78 is 11.9. The van der Waals surface area contributed by atoms with Gasteiger partial charge in [-0.25, -0.2) is 0 Å². The molecule has 4 aromatic rings. The number of ether oxygens (including phenoxy) is 1. The van der Waals surface area contributed by atoms with Gasteiger partial charge in [0.2, 0.25) is 11.8 Å². The summed E-state index contributed by atoms with van der Waals surface area (Å²) in [6, 6.07) is 27.5. The molecular formula is C38H37B2NO8. The van der Waals surface area contributed by atoms with Crippen molar-refractivity contribution in [2.75, 3.05) is 18.6 Å². The topological polar surface area (TPSA) is 137 Å². The van der Waals surface area contributed by atoms with Crippen LogP contribution in [-0.4, -0.2) is 66.1 Å². The number of carbonyl (C=O) groups excluding carboxylic acids is 2. The van der Waals surface area contributed by atoms with Crippen LogP contribution >= 0.6 is 0 Å². The third kappa shape index (κ3) is 6.24. The number of amides is 2. The molecule has 248 valence electrons. The van der Waals surface area contributed by atoms with Crippen molar-refractivity contribution in [2.45, 2.75) is 31.7 Å². The quantitative estimate of drug-likeness (QED) is 0.0911. The first kappa shape index (κ1) is 33.0. The van der Waals surface area contributed by atoms with Crippen molar-refractivity contribution >= 4 is 59.6 Å². The molecule has 0 unspecified atom stereocenters. The zero-order valence-corrected chi connectivity index (χ0v) is 27.1. The Labute approximate surface area is 285 Å². The Morgan fingerprint density at radius 1 is 0.959 bits per heavy atom. The Hall–Kier alpha value is -4.51. The normalized spacial score (nSPS) is 22.5. The fourth-order valence-corrected chi connectivity index (χ4v) is 8.01. The molecule has 2 saturated heterocycles. The van der Waals surface area contributed by atoms with Crippen molar-refractivity contribution in [3.05, 3.63) is 113 Å². The molecule has 0 saturated carbocycles. The van der Waals surface area contributed by atoms with E-state index in [0.717, 1.165) is 43.5 Å². The van der Waals surface area contributed by atoms with Gasteiger partial charge >= 0.3 is 14.2 Å². The molecule has 3 aliphatic rings. The number of benzene rings is 4. The van der Waals surface area contributed by atoms with Crippen molar-refractivity contribution in [2.24, 2.45) is 17.8 Å². The number of allylic oxidation sites excluding steroid dienone is 1. The van der Waals surface area contributed by atoms with E-state index in [1.165, 1.54) is 12.1 Å². The number of aromatic hydroxyl groups is 1. The summed E-state index contributed by atoms with van der Waals surface area (Å²) in [5.74, 6) is -2.26.